The Balaban J connectivity index is 1.57. The van der Waals surface area contributed by atoms with Crippen molar-refractivity contribution in [2.45, 2.75) is 13.5 Å². The lowest BCUT2D eigenvalue weighted by Crippen LogP contribution is -2.20. The lowest BCUT2D eigenvalue weighted by Gasteiger charge is -2.13. The SMILES string of the molecule is COc1cc(CNc2ccc(F)cc2)ccc1OCC(=O)Nc1ccccc1C. The minimum atomic E-state index is -0.273. The molecule has 150 valence electrons. The van der Waals surface area contributed by atoms with Gasteiger partial charge in [-0.25, -0.2) is 4.39 Å². The molecule has 29 heavy (non-hydrogen) atoms. The van der Waals surface area contributed by atoms with Gasteiger partial charge in [0.2, 0.25) is 0 Å². The first kappa shape index (κ1) is 20.2. The maximum absolute atomic E-state index is 13.0. The fourth-order valence-corrected chi connectivity index (χ4v) is 2.76. The first-order valence-corrected chi connectivity index (χ1v) is 9.20. The van der Waals surface area contributed by atoms with Crippen molar-refractivity contribution >= 4 is 17.3 Å². The number of aryl methyl sites for hydroxylation is 1. The quantitative estimate of drug-likeness (QED) is 0.578. The summed E-state index contributed by atoms with van der Waals surface area (Å²) in [4.78, 5) is 12.2. The van der Waals surface area contributed by atoms with Gasteiger partial charge in [-0.15, -0.1) is 0 Å². The van der Waals surface area contributed by atoms with Crippen molar-refractivity contribution in [3.8, 4) is 11.5 Å². The Kier molecular flexibility index (Phi) is 6.68. The van der Waals surface area contributed by atoms with Crippen molar-refractivity contribution < 1.29 is 18.7 Å². The second-order valence-electron chi connectivity index (χ2n) is 6.50. The average Bonchev–Trinajstić information content (AvgIpc) is 2.73. The molecular formula is C23H23FN2O3. The number of carbonyl (C=O) groups is 1. The number of hydrogen-bond donors (Lipinski definition) is 2. The number of anilines is 2. The predicted molar refractivity (Wildman–Crippen MR) is 112 cm³/mol. The van der Waals surface area contributed by atoms with E-state index in [0.717, 1.165) is 22.5 Å². The summed E-state index contributed by atoms with van der Waals surface area (Å²) >= 11 is 0. The lowest BCUT2D eigenvalue weighted by atomic mass is 10.2. The van der Waals surface area contributed by atoms with Crippen LogP contribution in [0.5, 0.6) is 11.5 Å². The van der Waals surface area contributed by atoms with Crippen LogP contribution in [0, 0.1) is 12.7 Å². The van der Waals surface area contributed by atoms with E-state index in [9.17, 15) is 9.18 Å². The van der Waals surface area contributed by atoms with Crippen molar-refractivity contribution in [2.75, 3.05) is 24.4 Å². The van der Waals surface area contributed by atoms with Crippen LogP contribution in [0.15, 0.2) is 66.7 Å². The number of benzene rings is 3. The number of para-hydroxylation sites is 1. The largest absolute Gasteiger partial charge is 0.493 e. The van der Waals surface area contributed by atoms with E-state index in [4.69, 9.17) is 9.47 Å². The minimum Gasteiger partial charge on any atom is -0.493 e. The Morgan fingerprint density at radius 1 is 1.00 bits per heavy atom. The molecule has 0 aromatic heterocycles. The summed E-state index contributed by atoms with van der Waals surface area (Å²) in [5.41, 5.74) is 3.52. The van der Waals surface area contributed by atoms with Gasteiger partial charge >= 0.3 is 0 Å². The second-order valence-corrected chi connectivity index (χ2v) is 6.50. The molecule has 0 atom stereocenters. The Morgan fingerprint density at radius 2 is 1.76 bits per heavy atom. The Morgan fingerprint density at radius 3 is 2.48 bits per heavy atom. The Labute approximate surface area is 169 Å². The second kappa shape index (κ2) is 9.59. The zero-order valence-electron chi connectivity index (χ0n) is 16.4. The van der Waals surface area contributed by atoms with E-state index in [-0.39, 0.29) is 18.3 Å². The van der Waals surface area contributed by atoms with Gasteiger partial charge in [0.15, 0.2) is 18.1 Å². The highest BCUT2D eigenvalue weighted by molar-refractivity contribution is 5.92. The van der Waals surface area contributed by atoms with Crippen LogP contribution >= 0.6 is 0 Å². The number of rotatable bonds is 8. The molecule has 0 aliphatic rings. The molecule has 0 aliphatic heterocycles. The number of methoxy groups -OCH3 is 1. The monoisotopic (exact) mass is 394 g/mol. The molecular weight excluding hydrogens is 371 g/mol. The normalized spacial score (nSPS) is 10.3. The molecule has 0 unspecified atom stereocenters. The minimum absolute atomic E-state index is 0.127. The highest BCUT2D eigenvalue weighted by Crippen LogP contribution is 2.28. The van der Waals surface area contributed by atoms with Crippen molar-refractivity contribution in [1.29, 1.82) is 0 Å². The molecule has 0 aliphatic carbocycles. The number of hydrogen-bond acceptors (Lipinski definition) is 4. The first-order chi connectivity index (χ1) is 14.0. The van der Waals surface area contributed by atoms with Gasteiger partial charge in [-0.1, -0.05) is 24.3 Å². The molecule has 3 aromatic rings. The molecule has 0 saturated heterocycles. The summed E-state index contributed by atoms with van der Waals surface area (Å²) in [5, 5.41) is 6.04. The van der Waals surface area contributed by atoms with E-state index in [2.05, 4.69) is 10.6 Å². The third kappa shape index (κ3) is 5.72. The first-order valence-electron chi connectivity index (χ1n) is 9.20. The van der Waals surface area contributed by atoms with Crippen LogP contribution in [0.25, 0.3) is 0 Å². The molecule has 3 rings (SSSR count). The van der Waals surface area contributed by atoms with Gasteiger partial charge in [0, 0.05) is 17.9 Å². The van der Waals surface area contributed by atoms with Crippen LogP contribution < -0.4 is 20.1 Å². The topological polar surface area (TPSA) is 59.6 Å². The van der Waals surface area contributed by atoms with Crippen molar-refractivity contribution in [1.82, 2.24) is 0 Å². The fraction of sp³-hybridized carbons (Fsp3) is 0.174. The number of carbonyl (C=O) groups excluding carboxylic acids is 1. The van der Waals surface area contributed by atoms with Crippen LogP contribution in [0.4, 0.5) is 15.8 Å². The van der Waals surface area contributed by atoms with Gasteiger partial charge in [0.25, 0.3) is 5.91 Å². The van der Waals surface area contributed by atoms with Crippen LogP contribution in [0.2, 0.25) is 0 Å². The van der Waals surface area contributed by atoms with Gasteiger partial charge in [0.1, 0.15) is 5.82 Å². The van der Waals surface area contributed by atoms with Gasteiger partial charge in [-0.05, 0) is 60.5 Å². The van der Waals surface area contributed by atoms with Crippen LogP contribution in [-0.2, 0) is 11.3 Å². The van der Waals surface area contributed by atoms with Crippen LogP contribution in [0.1, 0.15) is 11.1 Å². The van der Waals surface area contributed by atoms with E-state index in [1.54, 1.807) is 25.3 Å². The van der Waals surface area contributed by atoms with Gasteiger partial charge in [-0.2, -0.15) is 0 Å². The molecule has 2 N–H and O–H groups in total. The summed E-state index contributed by atoms with van der Waals surface area (Å²) in [6.07, 6.45) is 0. The van der Waals surface area contributed by atoms with Gasteiger partial charge < -0.3 is 20.1 Å². The third-order valence-electron chi connectivity index (χ3n) is 4.35. The highest BCUT2D eigenvalue weighted by Gasteiger charge is 2.10. The van der Waals surface area contributed by atoms with E-state index in [1.807, 2.05) is 43.3 Å². The summed E-state index contributed by atoms with van der Waals surface area (Å²) < 4.78 is 24.0. The highest BCUT2D eigenvalue weighted by atomic mass is 19.1. The lowest BCUT2D eigenvalue weighted by molar-refractivity contribution is -0.118. The maximum atomic E-state index is 13.0. The molecule has 0 saturated carbocycles. The molecule has 0 spiro atoms. The molecule has 0 bridgehead atoms. The number of nitrogens with one attached hydrogen (secondary N) is 2. The summed E-state index contributed by atoms with van der Waals surface area (Å²) in [5.74, 6) is 0.499. The van der Waals surface area contributed by atoms with Crippen molar-refractivity contribution in [3.63, 3.8) is 0 Å². The third-order valence-corrected chi connectivity index (χ3v) is 4.35. The van der Waals surface area contributed by atoms with Crippen molar-refractivity contribution in [3.05, 3.63) is 83.7 Å². The molecule has 3 aromatic carbocycles. The average molecular weight is 394 g/mol. The number of ether oxygens (including phenoxy) is 2. The maximum Gasteiger partial charge on any atom is 0.262 e. The van der Waals surface area contributed by atoms with Gasteiger partial charge in [-0.3, -0.25) is 4.79 Å². The zero-order valence-corrected chi connectivity index (χ0v) is 16.4. The predicted octanol–water partition coefficient (Wildman–Crippen LogP) is 4.77. The summed E-state index contributed by atoms with van der Waals surface area (Å²) in [6, 6.07) is 19.2. The van der Waals surface area contributed by atoms with E-state index >= 15 is 0 Å². The zero-order chi connectivity index (χ0) is 20.6. The Bertz CT molecular complexity index is 974. The summed E-state index contributed by atoms with van der Waals surface area (Å²) in [6.45, 7) is 2.34. The fourth-order valence-electron chi connectivity index (χ4n) is 2.76. The standard InChI is InChI=1S/C23H23FN2O3/c1-16-5-3-4-6-20(16)26-23(27)15-29-21-12-7-17(13-22(21)28-2)14-25-19-10-8-18(24)9-11-19/h3-13,25H,14-15H2,1-2H3,(H,26,27). The molecule has 0 heterocycles. The van der Waals surface area contributed by atoms with E-state index in [0.29, 0.717) is 18.0 Å². The molecule has 0 fully saturated rings. The van der Waals surface area contributed by atoms with Crippen molar-refractivity contribution in [2.24, 2.45) is 0 Å². The Hall–Kier alpha value is -3.54. The van der Waals surface area contributed by atoms with Crippen LogP contribution in [0.3, 0.4) is 0 Å². The number of amides is 1. The van der Waals surface area contributed by atoms with E-state index in [1.165, 1.54) is 12.1 Å². The molecule has 0 radical (unpaired) electrons. The smallest absolute Gasteiger partial charge is 0.262 e. The molecule has 6 heteroatoms. The van der Waals surface area contributed by atoms with E-state index < -0.39 is 0 Å². The summed E-state index contributed by atoms with van der Waals surface area (Å²) in [7, 11) is 1.55. The molecule has 1 amide bonds. The number of halogens is 1. The van der Waals surface area contributed by atoms with Gasteiger partial charge in [0.05, 0.1) is 7.11 Å². The van der Waals surface area contributed by atoms with Crippen LogP contribution in [-0.4, -0.2) is 19.6 Å². The molecule has 5 nitrogen and oxygen atoms in total.